The van der Waals surface area contributed by atoms with Crippen LogP contribution in [0.4, 0.5) is 0 Å². The molecule has 118 valence electrons. The fourth-order valence-corrected chi connectivity index (χ4v) is 3.59. The van der Waals surface area contributed by atoms with Crippen LogP contribution in [-0.2, 0) is 0 Å². The van der Waals surface area contributed by atoms with E-state index in [0.29, 0.717) is 0 Å². The standard InChI is InChI=1S/C23H16N2/c1-2-9-17(10-3-1)18-12-8-13-20-19-11-4-5-14-21(19)25(23(18)20)22-15-6-7-16-24-22/h1-16H. The first kappa shape index (κ1) is 14.0. The van der Waals surface area contributed by atoms with Gasteiger partial charge in [-0.1, -0.05) is 72.8 Å². The zero-order chi connectivity index (χ0) is 16.6. The summed E-state index contributed by atoms with van der Waals surface area (Å²) in [6, 6.07) is 31.7. The zero-order valence-electron chi connectivity index (χ0n) is 13.6. The highest BCUT2D eigenvalue weighted by Crippen LogP contribution is 2.37. The van der Waals surface area contributed by atoms with Crippen LogP contribution in [0, 0.1) is 0 Å². The van der Waals surface area contributed by atoms with Crippen molar-refractivity contribution in [2.75, 3.05) is 0 Å². The smallest absolute Gasteiger partial charge is 0.137 e. The summed E-state index contributed by atoms with van der Waals surface area (Å²) in [6.45, 7) is 0. The van der Waals surface area contributed by atoms with Crippen LogP contribution in [-0.4, -0.2) is 9.55 Å². The second kappa shape index (κ2) is 5.60. The molecule has 0 saturated carbocycles. The molecular formula is C23H16N2. The average Bonchev–Trinajstić information content (AvgIpc) is 3.04. The SMILES string of the molecule is c1ccc(-c2cccc3c4ccccc4n(-c4ccccn4)c23)cc1. The monoisotopic (exact) mass is 320 g/mol. The van der Waals surface area contributed by atoms with Crippen LogP contribution in [0.15, 0.2) is 97.2 Å². The third-order valence-electron chi connectivity index (χ3n) is 4.66. The quantitative estimate of drug-likeness (QED) is 0.399. The minimum atomic E-state index is 0.942. The predicted molar refractivity (Wildman–Crippen MR) is 104 cm³/mol. The van der Waals surface area contributed by atoms with Gasteiger partial charge in [-0.3, -0.25) is 4.57 Å². The van der Waals surface area contributed by atoms with Crippen molar-refractivity contribution in [2.24, 2.45) is 0 Å². The van der Waals surface area contributed by atoms with Crippen molar-refractivity contribution in [2.45, 2.75) is 0 Å². The number of benzene rings is 3. The highest BCUT2D eigenvalue weighted by Gasteiger charge is 2.16. The van der Waals surface area contributed by atoms with Crippen LogP contribution in [0.1, 0.15) is 0 Å². The molecule has 5 rings (SSSR count). The molecular weight excluding hydrogens is 304 g/mol. The highest BCUT2D eigenvalue weighted by molar-refractivity contribution is 6.13. The Bertz CT molecular complexity index is 1170. The van der Waals surface area contributed by atoms with Crippen molar-refractivity contribution in [1.82, 2.24) is 9.55 Å². The molecule has 2 heteroatoms. The Morgan fingerprint density at radius 2 is 1.36 bits per heavy atom. The molecule has 0 fully saturated rings. The number of fused-ring (bicyclic) bond motifs is 3. The van der Waals surface area contributed by atoms with E-state index in [-0.39, 0.29) is 0 Å². The lowest BCUT2D eigenvalue weighted by Crippen LogP contribution is -1.97. The molecule has 0 bridgehead atoms. The van der Waals surface area contributed by atoms with Gasteiger partial charge in [-0.05, 0) is 23.8 Å². The Kier molecular flexibility index (Phi) is 3.14. The molecule has 0 amide bonds. The first-order valence-electron chi connectivity index (χ1n) is 8.42. The number of hydrogen-bond acceptors (Lipinski definition) is 1. The zero-order valence-corrected chi connectivity index (χ0v) is 13.6. The van der Waals surface area contributed by atoms with Crippen molar-refractivity contribution < 1.29 is 0 Å². The van der Waals surface area contributed by atoms with Gasteiger partial charge in [-0.15, -0.1) is 0 Å². The summed E-state index contributed by atoms with van der Waals surface area (Å²) in [5.74, 6) is 0.942. The highest BCUT2D eigenvalue weighted by atomic mass is 15.1. The van der Waals surface area contributed by atoms with Crippen molar-refractivity contribution in [3.05, 3.63) is 97.2 Å². The molecule has 0 N–H and O–H groups in total. The summed E-state index contributed by atoms with van der Waals surface area (Å²) in [5.41, 5.74) is 4.82. The minimum absolute atomic E-state index is 0.942. The lowest BCUT2D eigenvalue weighted by Gasteiger charge is -2.10. The number of aromatic nitrogens is 2. The van der Waals surface area contributed by atoms with Crippen LogP contribution < -0.4 is 0 Å². The van der Waals surface area contributed by atoms with Crippen molar-refractivity contribution in [3.8, 4) is 16.9 Å². The van der Waals surface area contributed by atoms with Crippen molar-refractivity contribution in [3.63, 3.8) is 0 Å². The van der Waals surface area contributed by atoms with E-state index in [1.54, 1.807) is 0 Å². The summed E-state index contributed by atoms with van der Waals surface area (Å²) < 4.78 is 2.27. The van der Waals surface area contributed by atoms with Crippen molar-refractivity contribution in [1.29, 1.82) is 0 Å². The first-order valence-corrected chi connectivity index (χ1v) is 8.42. The molecule has 2 heterocycles. The van der Waals surface area contributed by atoms with Crippen LogP contribution in [0.5, 0.6) is 0 Å². The summed E-state index contributed by atoms with van der Waals surface area (Å²) in [7, 11) is 0. The minimum Gasteiger partial charge on any atom is -0.293 e. The van der Waals surface area contributed by atoms with Gasteiger partial charge < -0.3 is 0 Å². The van der Waals surface area contributed by atoms with Gasteiger partial charge in [0, 0.05) is 22.5 Å². The van der Waals surface area contributed by atoms with Gasteiger partial charge in [0.15, 0.2) is 0 Å². The normalized spacial score (nSPS) is 11.2. The number of nitrogens with zero attached hydrogens (tertiary/aromatic N) is 2. The van der Waals surface area contributed by atoms with Crippen LogP contribution in [0.25, 0.3) is 38.8 Å². The Balaban J connectivity index is 1.99. The van der Waals surface area contributed by atoms with Gasteiger partial charge in [0.2, 0.25) is 0 Å². The summed E-state index contributed by atoms with van der Waals surface area (Å²) in [6.07, 6.45) is 1.85. The van der Waals surface area contributed by atoms with Crippen LogP contribution in [0.2, 0.25) is 0 Å². The first-order chi connectivity index (χ1) is 12.4. The molecule has 3 aromatic carbocycles. The number of hydrogen-bond donors (Lipinski definition) is 0. The molecule has 2 aromatic heterocycles. The van der Waals surface area contributed by atoms with Crippen LogP contribution >= 0.6 is 0 Å². The summed E-state index contributed by atoms with van der Waals surface area (Å²) >= 11 is 0. The third-order valence-corrected chi connectivity index (χ3v) is 4.66. The molecule has 0 atom stereocenters. The lowest BCUT2D eigenvalue weighted by atomic mass is 10.0. The van der Waals surface area contributed by atoms with E-state index in [4.69, 9.17) is 0 Å². The fourth-order valence-electron chi connectivity index (χ4n) is 3.59. The molecule has 25 heavy (non-hydrogen) atoms. The molecule has 0 aliphatic heterocycles. The third kappa shape index (κ3) is 2.15. The van der Waals surface area contributed by atoms with E-state index >= 15 is 0 Å². The van der Waals surface area contributed by atoms with Gasteiger partial charge in [-0.2, -0.15) is 0 Å². The number of rotatable bonds is 2. The molecule has 0 unspecified atom stereocenters. The predicted octanol–water partition coefficient (Wildman–Crippen LogP) is 5.85. The summed E-state index contributed by atoms with van der Waals surface area (Å²) in [5, 5.41) is 2.50. The summed E-state index contributed by atoms with van der Waals surface area (Å²) in [4.78, 5) is 4.62. The van der Waals surface area contributed by atoms with E-state index < -0.39 is 0 Å². The number of para-hydroxylation sites is 2. The largest absolute Gasteiger partial charge is 0.293 e. The van der Waals surface area contributed by atoms with Gasteiger partial charge in [0.05, 0.1) is 11.0 Å². The van der Waals surface area contributed by atoms with E-state index in [0.717, 1.165) is 5.82 Å². The van der Waals surface area contributed by atoms with E-state index in [1.165, 1.54) is 32.9 Å². The molecule has 0 spiro atoms. The molecule has 5 aromatic rings. The van der Waals surface area contributed by atoms with E-state index in [2.05, 4.69) is 88.4 Å². The van der Waals surface area contributed by atoms with Gasteiger partial charge in [0.25, 0.3) is 0 Å². The van der Waals surface area contributed by atoms with Gasteiger partial charge in [0.1, 0.15) is 5.82 Å². The van der Waals surface area contributed by atoms with Gasteiger partial charge >= 0.3 is 0 Å². The van der Waals surface area contributed by atoms with Crippen LogP contribution in [0.3, 0.4) is 0 Å². The Hall–Kier alpha value is -3.39. The Labute approximate surface area is 146 Å². The molecule has 0 saturated heterocycles. The maximum Gasteiger partial charge on any atom is 0.137 e. The average molecular weight is 320 g/mol. The molecule has 2 nitrogen and oxygen atoms in total. The Morgan fingerprint density at radius 1 is 0.600 bits per heavy atom. The maximum atomic E-state index is 4.62. The topological polar surface area (TPSA) is 17.8 Å². The Morgan fingerprint density at radius 3 is 2.20 bits per heavy atom. The van der Waals surface area contributed by atoms with Gasteiger partial charge in [-0.25, -0.2) is 4.98 Å². The fraction of sp³-hybridized carbons (Fsp3) is 0. The van der Waals surface area contributed by atoms with Crippen molar-refractivity contribution >= 4 is 21.8 Å². The number of pyridine rings is 1. The second-order valence-electron chi connectivity index (χ2n) is 6.11. The molecule has 0 aliphatic rings. The maximum absolute atomic E-state index is 4.62. The second-order valence-corrected chi connectivity index (χ2v) is 6.11. The van der Waals surface area contributed by atoms with E-state index in [1.807, 2.05) is 18.3 Å². The lowest BCUT2D eigenvalue weighted by molar-refractivity contribution is 1.08. The van der Waals surface area contributed by atoms with E-state index in [9.17, 15) is 0 Å². The molecule has 0 aliphatic carbocycles. The molecule has 0 radical (unpaired) electrons.